The molecule has 0 saturated heterocycles. The number of nitrogens with zero attached hydrogens (tertiary/aromatic N) is 2. The summed E-state index contributed by atoms with van der Waals surface area (Å²) in [7, 11) is 0. The number of ether oxygens (including phenoxy) is 1. The summed E-state index contributed by atoms with van der Waals surface area (Å²) in [6, 6.07) is 17.2. The summed E-state index contributed by atoms with van der Waals surface area (Å²) in [5.74, 6) is 2.09. The summed E-state index contributed by atoms with van der Waals surface area (Å²) in [6.45, 7) is 3.18. The van der Waals surface area contributed by atoms with Crippen LogP contribution in [-0.4, -0.2) is 16.6 Å². The second-order valence-corrected chi connectivity index (χ2v) is 5.70. The fourth-order valence-corrected chi connectivity index (χ4v) is 2.48. The smallest absolute Gasteiger partial charge is 0.224 e. The quantitative estimate of drug-likeness (QED) is 0.633. The van der Waals surface area contributed by atoms with Crippen LogP contribution in [0.2, 0.25) is 5.02 Å². The first-order valence-electron chi connectivity index (χ1n) is 8.05. The molecule has 1 aromatic heterocycles. The molecule has 25 heavy (non-hydrogen) atoms. The Labute approximate surface area is 152 Å². The van der Waals surface area contributed by atoms with Gasteiger partial charge in [-0.15, -0.1) is 0 Å². The van der Waals surface area contributed by atoms with Crippen molar-refractivity contribution in [1.29, 1.82) is 0 Å². The summed E-state index contributed by atoms with van der Waals surface area (Å²) in [5.41, 5.74) is 1.93. The third-order valence-electron chi connectivity index (χ3n) is 3.49. The van der Waals surface area contributed by atoms with Crippen molar-refractivity contribution in [3.05, 3.63) is 71.4 Å². The van der Waals surface area contributed by atoms with E-state index in [1.807, 2.05) is 61.5 Å². The molecule has 2 N–H and O–H groups in total. The predicted molar refractivity (Wildman–Crippen MR) is 102 cm³/mol. The van der Waals surface area contributed by atoms with Crippen molar-refractivity contribution in [2.75, 3.05) is 17.2 Å². The molecular weight excluding hydrogens is 336 g/mol. The van der Waals surface area contributed by atoms with Crippen LogP contribution in [0.1, 0.15) is 12.5 Å². The highest BCUT2D eigenvalue weighted by Crippen LogP contribution is 2.20. The minimum atomic E-state index is 0.538. The van der Waals surface area contributed by atoms with Crippen molar-refractivity contribution in [2.24, 2.45) is 0 Å². The van der Waals surface area contributed by atoms with E-state index in [0.29, 0.717) is 24.9 Å². The lowest BCUT2D eigenvalue weighted by Crippen LogP contribution is -2.05. The number of rotatable bonds is 7. The van der Waals surface area contributed by atoms with Gasteiger partial charge in [0.05, 0.1) is 6.61 Å². The second kappa shape index (κ2) is 8.35. The number of benzene rings is 2. The number of halogens is 1. The number of hydrogen-bond donors (Lipinski definition) is 2. The van der Waals surface area contributed by atoms with Crippen LogP contribution in [0.5, 0.6) is 5.75 Å². The lowest BCUT2D eigenvalue weighted by Gasteiger charge is -2.10. The highest BCUT2D eigenvalue weighted by molar-refractivity contribution is 6.31. The lowest BCUT2D eigenvalue weighted by molar-refractivity contribution is 0.340. The van der Waals surface area contributed by atoms with Crippen LogP contribution in [0.4, 0.5) is 17.5 Å². The summed E-state index contributed by atoms with van der Waals surface area (Å²) in [4.78, 5) is 8.70. The van der Waals surface area contributed by atoms with Gasteiger partial charge in [-0.2, -0.15) is 4.98 Å². The minimum absolute atomic E-state index is 0.538. The van der Waals surface area contributed by atoms with E-state index in [4.69, 9.17) is 16.3 Å². The Morgan fingerprint density at radius 2 is 1.84 bits per heavy atom. The Morgan fingerprint density at radius 3 is 2.60 bits per heavy atom. The Balaban J connectivity index is 1.64. The first kappa shape index (κ1) is 17.0. The molecule has 0 aliphatic carbocycles. The normalized spacial score (nSPS) is 10.3. The molecule has 0 amide bonds. The maximum absolute atomic E-state index is 6.16. The van der Waals surface area contributed by atoms with Gasteiger partial charge in [0.1, 0.15) is 11.6 Å². The molecule has 0 unspecified atom stereocenters. The number of hydrogen-bond acceptors (Lipinski definition) is 5. The first-order chi connectivity index (χ1) is 12.2. The average molecular weight is 355 g/mol. The Kier molecular flexibility index (Phi) is 5.69. The minimum Gasteiger partial charge on any atom is -0.494 e. The molecule has 6 heteroatoms. The molecule has 0 aliphatic heterocycles. The molecule has 5 nitrogen and oxygen atoms in total. The lowest BCUT2D eigenvalue weighted by atomic mass is 10.2. The van der Waals surface area contributed by atoms with Crippen LogP contribution in [-0.2, 0) is 6.54 Å². The second-order valence-electron chi connectivity index (χ2n) is 5.29. The third-order valence-corrected chi connectivity index (χ3v) is 3.86. The SMILES string of the molecule is CCOc1ccc(Nc2ccnc(NCc3ccccc3Cl)n2)cc1. The fourth-order valence-electron chi connectivity index (χ4n) is 2.28. The zero-order valence-corrected chi connectivity index (χ0v) is 14.6. The van der Waals surface area contributed by atoms with Gasteiger partial charge in [-0.3, -0.25) is 0 Å². The molecule has 1 heterocycles. The van der Waals surface area contributed by atoms with E-state index in [1.54, 1.807) is 6.20 Å². The molecule has 2 aromatic carbocycles. The standard InChI is InChI=1S/C19H19ClN4O/c1-2-25-16-9-7-15(8-10-16)23-18-11-12-21-19(24-18)22-13-14-5-3-4-6-17(14)20/h3-12H,2,13H2,1H3,(H2,21,22,23,24). The van der Waals surface area contributed by atoms with E-state index in [1.165, 1.54) is 0 Å². The third kappa shape index (κ3) is 4.84. The van der Waals surface area contributed by atoms with Gasteiger partial charge in [0.2, 0.25) is 5.95 Å². The highest BCUT2D eigenvalue weighted by atomic mass is 35.5. The molecule has 0 spiro atoms. The van der Waals surface area contributed by atoms with E-state index >= 15 is 0 Å². The van der Waals surface area contributed by atoms with E-state index in [9.17, 15) is 0 Å². The molecule has 0 bridgehead atoms. The topological polar surface area (TPSA) is 59.1 Å². The molecular formula is C19H19ClN4O. The van der Waals surface area contributed by atoms with Crippen molar-refractivity contribution in [3.8, 4) is 5.75 Å². The van der Waals surface area contributed by atoms with E-state index in [2.05, 4.69) is 20.6 Å². The van der Waals surface area contributed by atoms with Crippen LogP contribution in [0.25, 0.3) is 0 Å². The van der Waals surface area contributed by atoms with Crippen molar-refractivity contribution in [3.63, 3.8) is 0 Å². The van der Waals surface area contributed by atoms with Crippen LogP contribution in [0.3, 0.4) is 0 Å². The summed E-state index contributed by atoms with van der Waals surface area (Å²) >= 11 is 6.16. The molecule has 0 aliphatic rings. The van der Waals surface area contributed by atoms with Gasteiger partial charge >= 0.3 is 0 Å². The molecule has 0 radical (unpaired) electrons. The summed E-state index contributed by atoms with van der Waals surface area (Å²) in [5, 5.41) is 7.16. The number of nitrogens with one attached hydrogen (secondary N) is 2. The van der Waals surface area contributed by atoms with Gasteiger partial charge in [-0.05, 0) is 48.9 Å². The molecule has 3 rings (SSSR count). The Bertz CT molecular complexity index is 824. The number of anilines is 3. The van der Waals surface area contributed by atoms with Gasteiger partial charge in [0.15, 0.2) is 0 Å². The Morgan fingerprint density at radius 1 is 1.04 bits per heavy atom. The van der Waals surface area contributed by atoms with Crippen molar-refractivity contribution < 1.29 is 4.74 Å². The number of aromatic nitrogens is 2. The van der Waals surface area contributed by atoms with Crippen molar-refractivity contribution in [1.82, 2.24) is 9.97 Å². The van der Waals surface area contributed by atoms with Crippen LogP contribution in [0.15, 0.2) is 60.8 Å². The van der Waals surface area contributed by atoms with Crippen LogP contribution in [0, 0.1) is 0 Å². The fraction of sp³-hybridized carbons (Fsp3) is 0.158. The van der Waals surface area contributed by atoms with Gasteiger partial charge < -0.3 is 15.4 Å². The summed E-state index contributed by atoms with van der Waals surface area (Å²) in [6.07, 6.45) is 1.71. The van der Waals surface area contributed by atoms with E-state index in [-0.39, 0.29) is 0 Å². The molecule has 3 aromatic rings. The zero-order chi connectivity index (χ0) is 17.5. The van der Waals surface area contributed by atoms with Gasteiger partial charge in [0, 0.05) is 23.5 Å². The maximum atomic E-state index is 6.16. The first-order valence-corrected chi connectivity index (χ1v) is 8.42. The van der Waals surface area contributed by atoms with Crippen molar-refractivity contribution in [2.45, 2.75) is 13.5 Å². The van der Waals surface area contributed by atoms with Crippen LogP contribution >= 0.6 is 11.6 Å². The molecule has 0 fully saturated rings. The van der Waals surface area contributed by atoms with Gasteiger partial charge in [-0.1, -0.05) is 29.8 Å². The highest BCUT2D eigenvalue weighted by Gasteiger charge is 2.03. The predicted octanol–water partition coefficient (Wildman–Crippen LogP) is 4.88. The average Bonchev–Trinajstić information content (AvgIpc) is 2.63. The summed E-state index contributed by atoms with van der Waals surface area (Å²) < 4.78 is 5.44. The largest absolute Gasteiger partial charge is 0.494 e. The molecule has 128 valence electrons. The van der Waals surface area contributed by atoms with Gasteiger partial charge in [0.25, 0.3) is 0 Å². The maximum Gasteiger partial charge on any atom is 0.224 e. The monoisotopic (exact) mass is 354 g/mol. The molecule has 0 saturated carbocycles. The van der Waals surface area contributed by atoms with Crippen molar-refractivity contribution >= 4 is 29.1 Å². The van der Waals surface area contributed by atoms with E-state index in [0.717, 1.165) is 22.0 Å². The molecule has 0 atom stereocenters. The zero-order valence-electron chi connectivity index (χ0n) is 13.9. The van der Waals surface area contributed by atoms with Gasteiger partial charge in [-0.25, -0.2) is 4.98 Å². The van der Waals surface area contributed by atoms with Crippen LogP contribution < -0.4 is 15.4 Å². The Hall–Kier alpha value is -2.79. The van der Waals surface area contributed by atoms with E-state index < -0.39 is 0 Å².